The van der Waals surface area contributed by atoms with Crippen LogP contribution in [0.15, 0.2) is 58.0 Å². The van der Waals surface area contributed by atoms with Gasteiger partial charge in [0.2, 0.25) is 0 Å². The van der Waals surface area contributed by atoms with Gasteiger partial charge in [-0.1, -0.05) is 6.07 Å². The van der Waals surface area contributed by atoms with Gasteiger partial charge in [0.05, 0.1) is 6.26 Å². The van der Waals surface area contributed by atoms with Crippen molar-refractivity contribution in [3.8, 4) is 11.5 Å². The summed E-state index contributed by atoms with van der Waals surface area (Å²) in [4.78, 5) is 25.1. The summed E-state index contributed by atoms with van der Waals surface area (Å²) < 4.78 is 5.29. The normalized spacial score (nSPS) is 10.6. The topological polar surface area (TPSA) is 92.9 Å². The second kappa shape index (κ2) is 6.83. The summed E-state index contributed by atoms with van der Waals surface area (Å²) in [5, 5.41) is 10.4. The number of thiazole rings is 2. The van der Waals surface area contributed by atoms with Crippen LogP contribution in [0.25, 0.3) is 11.5 Å². The van der Waals surface area contributed by atoms with E-state index in [-0.39, 0.29) is 5.91 Å². The SMILES string of the molecule is O=C(Nc1nc(-c2ccco2)cs1)c1csc(Nc2ccccn2)n1. The Bertz CT molecular complexity index is 979. The lowest BCUT2D eigenvalue weighted by Gasteiger charge is -2.00. The Morgan fingerprint density at radius 3 is 2.76 bits per heavy atom. The molecule has 7 nitrogen and oxygen atoms in total. The molecule has 4 aromatic heterocycles. The molecule has 1 amide bonds. The van der Waals surface area contributed by atoms with E-state index in [1.54, 1.807) is 23.9 Å². The van der Waals surface area contributed by atoms with Crippen LogP contribution in [0.5, 0.6) is 0 Å². The van der Waals surface area contributed by atoms with E-state index >= 15 is 0 Å². The fraction of sp³-hybridized carbons (Fsp3) is 0. The highest BCUT2D eigenvalue weighted by molar-refractivity contribution is 7.14. The first-order valence-corrected chi connectivity index (χ1v) is 8.98. The van der Waals surface area contributed by atoms with Gasteiger partial charge in [0, 0.05) is 17.0 Å². The lowest BCUT2D eigenvalue weighted by molar-refractivity contribution is 0.102. The van der Waals surface area contributed by atoms with E-state index in [0.29, 0.717) is 33.2 Å². The molecule has 0 aromatic carbocycles. The van der Waals surface area contributed by atoms with Crippen molar-refractivity contribution in [2.75, 3.05) is 10.6 Å². The first-order chi connectivity index (χ1) is 12.3. The van der Waals surface area contributed by atoms with Gasteiger partial charge in [-0.2, -0.15) is 0 Å². The van der Waals surface area contributed by atoms with Crippen molar-refractivity contribution in [3.63, 3.8) is 0 Å². The second-order valence-electron chi connectivity index (χ2n) is 4.85. The Kier molecular flexibility index (Phi) is 4.23. The van der Waals surface area contributed by atoms with Crippen LogP contribution in [-0.2, 0) is 0 Å². The van der Waals surface area contributed by atoms with Crippen LogP contribution in [0.2, 0.25) is 0 Å². The number of amides is 1. The van der Waals surface area contributed by atoms with Crippen molar-refractivity contribution in [2.45, 2.75) is 0 Å². The fourth-order valence-electron chi connectivity index (χ4n) is 2.01. The van der Waals surface area contributed by atoms with Gasteiger partial charge in [-0.3, -0.25) is 10.1 Å². The summed E-state index contributed by atoms with van der Waals surface area (Å²) in [6.07, 6.45) is 3.26. The zero-order valence-electron chi connectivity index (χ0n) is 12.7. The van der Waals surface area contributed by atoms with Gasteiger partial charge in [0.25, 0.3) is 5.91 Å². The molecule has 0 saturated carbocycles. The fourth-order valence-corrected chi connectivity index (χ4v) is 3.40. The van der Waals surface area contributed by atoms with Crippen LogP contribution < -0.4 is 10.6 Å². The average molecular weight is 369 g/mol. The van der Waals surface area contributed by atoms with Crippen LogP contribution in [0.3, 0.4) is 0 Å². The molecule has 0 unspecified atom stereocenters. The Morgan fingerprint density at radius 1 is 1.04 bits per heavy atom. The molecule has 4 heterocycles. The van der Waals surface area contributed by atoms with Crippen molar-refractivity contribution in [2.24, 2.45) is 0 Å². The third-order valence-electron chi connectivity index (χ3n) is 3.13. The number of rotatable bonds is 5. The summed E-state index contributed by atoms with van der Waals surface area (Å²) >= 11 is 2.66. The number of carbonyl (C=O) groups is 1. The number of aromatic nitrogens is 3. The number of furan rings is 1. The van der Waals surface area contributed by atoms with Crippen LogP contribution >= 0.6 is 22.7 Å². The molecule has 2 N–H and O–H groups in total. The second-order valence-corrected chi connectivity index (χ2v) is 6.56. The minimum Gasteiger partial charge on any atom is -0.463 e. The highest BCUT2D eigenvalue weighted by atomic mass is 32.1. The molecule has 0 aliphatic rings. The molecule has 4 rings (SSSR count). The van der Waals surface area contributed by atoms with Gasteiger partial charge in [0.1, 0.15) is 17.2 Å². The highest BCUT2D eigenvalue weighted by Crippen LogP contribution is 2.26. The Morgan fingerprint density at radius 2 is 1.96 bits per heavy atom. The lowest BCUT2D eigenvalue weighted by Crippen LogP contribution is -2.12. The van der Waals surface area contributed by atoms with E-state index < -0.39 is 0 Å². The standard InChI is InChI=1S/C16H11N5O2S2/c22-14(21-16-18-10(8-24-16)12-4-3-7-23-12)11-9-25-15(19-11)20-13-5-1-2-6-17-13/h1-9H,(H,17,19,20)(H,18,21,22). The van der Waals surface area contributed by atoms with E-state index in [1.807, 2.05) is 29.6 Å². The molecular formula is C16H11N5O2S2. The van der Waals surface area contributed by atoms with E-state index in [9.17, 15) is 4.79 Å². The summed E-state index contributed by atoms with van der Waals surface area (Å²) in [5.74, 6) is 1.02. The molecule has 0 fully saturated rings. The number of hydrogen-bond acceptors (Lipinski definition) is 8. The van der Waals surface area contributed by atoms with E-state index in [4.69, 9.17) is 4.42 Å². The molecule has 25 heavy (non-hydrogen) atoms. The Labute approximate surface area is 150 Å². The Hall–Kier alpha value is -3.04. The summed E-state index contributed by atoms with van der Waals surface area (Å²) in [6, 6.07) is 9.13. The van der Waals surface area contributed by atoms with Gasteiger partial charge < -0.3 is 9.73 Å². The molecule has 0 radical (unpaired) electrons. The Balaban J connectivity index is 1.43. The molecule has 124 valence electrons. The number of hydrogen-bond donors (Lipinski definition) is 2. The predicted molar refractivity (Wildman–Crippen MR) is 97.4 cm³/mol. The van der Waals surface area contributed by atoms with Crippen molar-refractivity contribution < 1.29 is 9.21 Å². The monoisotopic (exact) mass is 369 g/mol. The minimum absolute atomic E-state index is 0.314. The van der Waals surface area contributed by atoms with Gasteiger partial charge in [-0.15, -0.1) is 22.7 Å². The summed E-state index contributed by atoms with van der Waals surface area (Å²) in [5.41, 5.74) is 0.999. The van der Waals surface area contributed by atoms with Crippen LogP contribution in [0.4, 0.5) is 16.1 Å². The third kappa shape index (κ3) is 3.57. The van der Waals surface area contributed by atoms with Crippen molar-refractivity contribution in [1.82, 2.24) is 15.0 Å². The lowest BCUT2D eigenvalue weighted by atomic mass is 10.4. The number of pyridine rings is 1. The van der Waals surface area contributed by atoms with Crippen molar-refractivity contribution >= 4 is 44.7 Å². The molecule has 0 spiro atoms. The van der Waals surface area contributed by atoms with Gasteiger partial charge in [-0.25, -0.2) is 15.0 Å². The maximum absolute atomic E-state index is 12.3. The van der Waals surface area contributed by atoms with E-state index in [0.717, 1.165) is 0 Å². The molecule has 0 aliphatic heterocycles. The van der Waals surface area contributed by atoms with Crippen molar-refractivity contribution in [3.05, 3.63) is 59.2 Å². The molecule has 9 heteroatoms. The number of carbonyl (C=O) groups excluding carboxylic acids is 1. The minimum atomic E-state index is -0.314. The third-order valence-corrected chi connectivity index (χ3v) is 4.65. The van der Waals surface area contributed by atoms with Crippen LogP contribution in [0, 0.1) is 0 Å². The number of anilines is 3. The average Bonchev–Trinajstić information content (AvgIpc) is 3.37. The van der Waals surface area contributed by atoms with Crippen LogP contribution in [0.1, 0.15) is 10.5 Å². The quantitative estimate of drug-likeness (QED) is 0.546. The summed E-state index contributed by atoms with van der Waals surface area (Å²) in [6.45, 7) is 0. The summed E-state index contributed by atoms with van der Waals surface area (Å²) in [7, 11) is 0. The van der Waals surface area contributed by atoms with E-state index in [1.165, 1.54) is 22.7 Å². The largest absolute Gasteiger partial charge is 0.463 e. The molecule has 4 aromatic rings. The molecular weight excluding hydrogens is 358 g/mol. The molecule has 0 saturated heterocycles. The van der Waals surface area contributed by atoms with E-state index in [2.05, 4.69) is 25.6 Å². The van der Waals surface area contributed by atoms with Crippen LogP contribution in [-0.4, -0.2) is 20.9 Å². The molecule has 0 bridgehead atoms. The maximum Gasteiger partial charge on any atom is 0.276 e. The smallest absolute Gasteiger partial charge is 0.276 e. The number of nitrogens with one attached hydrogen (secondary N) is 2. The first-order valence-electron chi connectivity index (χ1n) is 7.22. The van der Waals surface area contributed by atoms with Gasteiger partial charge in [-0.05, 0) is 24.3 Å². The molecule has 0 aliphatic carbocycles. The van der Waals surface area contributed by atoms with Gasteiger partial charge in [0.15, 0.2) is 16.0 Å². The first kappa shape index (κ1) is 15.5. The highest BCUT2D eigenvalue weighted by Gasteiger charge is 2.14. The zero-order valence-corrected chi connectivity index (χ0v) is 14.3. The van der Waals surface area contributed by atoms with Gasteiger partial charge >= 0.3 is 0 Å². The zero-order chi connectivity index (χ0) is 17.1. The number of nitrogens with zero attached hydrogens (tertiary/aromatic N) is 3. The molecule has 0 atom stereocenters. The maximum atomic E-state index is 12.3. The predicted octanol–water partition coefficient (Wildman–Crippen LogP) is 4.25. The van der Waals surface area contributed by atoms with Crippen molar-refractivity contribution in [1.29, 1.82) is 0 Å².